The van der Waals surface area contributed by atoms with E-state index in [-0.39, 0.29) is 5.97 Å². The molecule has 0 saturated heterocycles. The average molecular weight is 255 g/mol. The third-order valence-corrected chi connectivity index (χ3v) is 3.28. The minimum atomic E-state index is -0.194. The highest BCUT2D eigenvalue weighted by molar-refractivity contribution is 7.09. The maximum atomic E-state index is 11.3. The molecule has 1 aromatic rings. The van der Waals surface area contributed by atoms with Gasteiger partial charge in [0.1, 0.15) is 0 Å². The molecule has 1 heterocycles. The lowest BCUT2D eigenvalue weighted by Crippen LogP contribution is -2.08. The van der Waals surface area contributed by atoms with Crippen molar-refractivity contribution in [1.82, 2.24) is 4.98 Å². The number of hydrogen-bond acceptors (Lipinski definition) is 4. The van der Waals surface area contributed by atoms with Crippen LogP contribution in [0.2, 0.25) is 0 Å². The Balaban J connectivity index is 2.45. The van der Waals surface area contributed by atoms with Crippen LogP contribution in [-0.4, -0.2) is 17.6 Å². The summed E-state index contributed by atoms with van der Waals surface area (Å²) in [6, 6.07) is 0. The number of carbonyl (C=O) groups excluding carboxylic acids is 1. The van der Waals surface area contributed by atoms with Crippen LogP contribution in [-0.2, 0) is 22.4 Å². The number of aromatic nitrogens is 1. The molecule has 0 aliphatic rings. The molecule has 1 aromatic heterocycles. The number of esters is 1. The van der Waals surface area contributed by atoms with E-state index in [1.54, 1.807) is 11.3 Å². The van der Waals surface area contributed by atoms with Gasteiger partial charge in [-0.3, -0.25) is 4.79 Å². The van der Waals surface area contributed by atoms with E-state index in [4.69, 9.17) is 4.74 Å². The summed E-state index contributed by atoms with van der Waals surface area (Å²) in [6.07, 6.45) is 2.39. The van der Waals surface area contributed by atoms with Gasteiger partial charge in [0.15, 0.2) is 0 Å². The fraction of sp³-hybridized carbons (Fsp3) is 0.692. The lowest BCUT2D eigenvalue weighted by molar-refractivity contribution is -0.142. The molecule has 17 heavy (non-hydrogen) atoms. The zero-order chi connectivity index (χ0) is 12.9. The van der Waals surface area contributed by atoms with Gasteiger partial charge in [-0.1, -0.05) is 20.8 Å². The third-order valence-electron chi connectivity index (χ3n) is 2.32. The molecule has 0 radical (unpaired) electrons. The zero-order valence-corrected chi connectivity index (χ0v) is 11.9. The van der Waals surface area contributed by atoms with E-state index in [9.17, 15) is 4.79 Å². The number of rotatable bonds is 5. The summed E-state index contributed by atoms with van der Waals surface area (Å²) in [7, 11) is 0. The van der Waals surface area contributed by atoms with Crippen molar-refractivity contribution in [3.8, 4) is 0 Å². The normalized spacial score (nSPS) is 11.5. The van der Waals surface area contributed by atoms with Crippen molar-refractivity contribution in [3.05, 3.63) is 16.1 Å². The van der Waals surface area contributed by atoms with Crippen molar-refractivity contribution in [2.75, 3.05) is 6.61 Å². The van der Waals surface area contributed by atoms with Gasteiger partial charge in [0.2, 0.25) is 0 Å². The molecule has 0 unspecified atom stereocenters. The standard InChI is InChI=1S/C13H21NO2S/c1-5-16-12(15)8-10-9-17-11(14-10)6-7-13(2,3)4/h9H,5-8H2,1-4H3. The van der Waals surface area contributed by atoms with E-state index < -0.39 is 0 Å². The summed E-state index contributed by atoms with van der Waals surface area (Å²) in [5.41, 5.74) is 1.16. The molecule has 0 aliphatic heterocycles. The molecule has 0 atom stereocenters. The fourth-order valence-electron chi connectivity index (χ4n) is 1.39. The maximum Gasteiger partial charge on any atom is 0.311 e. The quantitative estimate of drug-likeness (QED) is 0.758. The van der Waals surface area contributed by atoms with Crippen molar-refractivity contribution in [3.63, 3.8) is 0 Å². The topological polar surface area (TPSA) is 39.2 Å². The fourth-order valence-corrected chi connectivity index (χ4v) is 2.18. The second-order valence-electron chi connectivity index (χ2n) is 5.28. The molecule has 0 amide bonds. The van der Waals surface area contributed by atoms with Crippen LogP contribution in [0.3, 0.4) is 0 Å². The Morgan fingerprint density at radius 1 is 1.47 bits per heavy atom. The molecule has 96 valence electrons. The molecule has 3 nitrogen and oxygen atoms in total. The van der Waals surface area contributed by atoms with Crippen LogP contribution in [0.15, 0.2) is 5.38 Å². The molecule has 0 fully saturated rings. The Kier molecular flexibility index (Phi) is 5.12. The van der Waals surface area contributed by atoms with Gasteiger partial charge in [-0.15, -0.1) is 11.3 Å². The minimum Gasteiger partial charge on any atom is -0.466 e. The van der Waals surface area contributed by atoms with Crippen LogP contribution in [0.25, 0.3) is 0 Å². The van der Waals surface area contributed by atoms with Gasteiger partial charge in [-0.05, 0) is 25.2 Å². The Morgan fingerprint density at radius 3 is 2.76 bits per heavy atom. The summed E-state index contributed by atoms with van der Waals surface area (Å²) in [4.78, 5) is 15.7. The summed E-state index contributed by atoms with van der Waals surface area (Å²) in [5, 5.41) is 3.06. The molecule has 0 spiro atoms. The van der Waals surface area contributed by atoms with Gasteiger partial charge in [-0.2, -0.15) is 0 Å². The predicted molar refractivity (Wildman–Crippen MR) is 70.2 cm³/mol. The second kappa shape index (κ2) is 6.15. The Bertz CT molecular complexity index is 366. The Morgan fingerprint density at radius 2 is 2.18 bits per heavy atom. The molecule has 0 bridgehead atoms. The summed E-state index contributed by atoms with van der Waals surface area (Å²) in [5.74, 6) is -0.194. The van der Waals surface area contributed by atoms with Crippen molar-refractivity contribution < 1.29 is 9.53 Å². The largest absolute Gasteiger partial charge is 0.466 e. The first-order valence-electron chi connectivity index (χ1n) is 5.99. The van der Waals surface area contributed by atoms with Crippen LogP contribution in [0.5, 0.6) is 0 Å². The highest BCUT2D eigenvalue weighted by atomic mass is 32.1. The first kappa shape index (κ1) is 14.2. The van der Waals surface area contributed by atoms with Gasteiger partial charge >= 0.3 is 5.97 Å². The number of carbonyl (C=O) groups is 1. The van der Waals surface area contributed by atoms with E-state index >= 15 is 0 Å². The summed E-state index contributed by atoms with van der Waals surface area (Å²) in [6.45, 7) is 8.91. The zero-order valence-electron chi connectivity index (χ0n) is 11.1. The van der Waals surface area contributed by atoms with Gasteiger partial charge in [0, 0.05) is 5.38 Å². The number of ether oxygens (including phenoxy) is 1. The van der Waals surface area contributed by atoms with Crippen LogP contribution in [0.4, 0.5) is 0 Å². The first-order chi connectivity index (χ1) is 7.90. The molecule has 0 aromatic carbocycles. The van der Waals surface area contributed by atoms with Crippen molar-refractivity contribution in [1.29, 1.82) is 0 Å². The highest BCUT2D eigenvalue weighted by Gasteiger charge is 2.13. The van der Waals surface area contributed by atoms with E-state index in [0.717, 1.165) is 23.5 Å². The second-order valence-corrected chi connectivity index (χ2v) is 6.22. The monoisotopic (exact) mass is 255 g/mol. The summed E-state index contributed by atoms with van der Waals surface area (Å²) >= 11 is 1.63. The predicted octanol–water partition coefficient (Wildman–Crippen LogP) is 3.23. The molecular weight excluding hydrogens is 234 g/mol. The SMILES string of the molecule is CCOC(=O)Cc1csc(CCC(C)(C)C)n1. The van der Waals surface area contributed by atoms with Crippen molar-refractivity contribution in [2.45, 2.75) is 47.0 Å². The van der Waals surface area contributed by atoms with E-state index in [1.807, 2.05) is 12.3 Å². The molecule has 0 N–H and O–H groups in total. The molecular formula is C13H21NO2S. The number of nitrogens with zero attached hydrogens (tertiary/aromatic N) is 1. The Labute approximate surface area is 107 Å². The third kappa shape index (κ3) is 5.82. The van der Waals surface area contributed by atoms with Crippen LogP contribution in [0, 0.1) is 5.41 Å². The van der Waals surface area contributed by atoms with Gasteiger partial charge in [0.25, 0.3) is 0 Å². The van der Waals surface area contributed by atoms with Gasteiger partial charge in [-0.25, -0.2) is 4.98 Å². The summed E-state index contributed by atoms with van der Waals surface area (Å²) < 4.78 is 4.89. The number of hydrogen-bond donors (Lipinski definition) is 0. The van der Waals surface area contributed by atoms with Crippen molar-refractivity contribution >= 4 is 17.3 Å². The van der Waals surface area contributed by atoms with E-state index in [0.29, 0.717) is 18.4 Å². The Hall–Kier alpha value is -0.900. The number of aryl methyl sites for hydroxylation is 1. The first-order valence-corrected chi connectivity index (χ1v) is 6.87. The van der Waals surface area contributed by atoms with Crippen LogP contribution < -0.4 is 0 Å². The maximum absolute atomic E-state index is 11.3. The molecule has 1 rings (SSSR count). The number of thiazole rings is 1. The van der Waals surface area contributed by atoms with Gasteiger partial charge < -0.3 is 4.74 Å². The van der Waals surface area contributed by atoms with Crippen LogP contribution >= 0.6 is 11.3 Å². The van der Waals surface area contributed by atoms with Crippen LogP contribution in [0.1, 0.15) is 44.8 Å². The molecule has 4 heteroatoms. The van der Waals surface area contributed by atoms with Gasteiger partial charge in [0.05, 0.1) is 23.7 Å². The minimum absolute atomic E-state index is 0.194. The van der Waals surface area contributed by atoms with E-state index in [2.05, 4.69) is 25.8 Å². The average Bonchev–Trinajstić information content (AvgIpc) is 2.62. The lowest BCUT2D eigenvalue weighted by Gasteiger charge is -2.16. The molecule has 0 saturated carbocycles. The lowest BCUT2D eigenvalue weighted by atomic mass is 9.91. The smallest absolute Gasteiger partial charge is 0.311 e. The van der Waals surface area contributed by atoms with Crippen molar-refractivity contribution in [2.24, 2.45) is 5.41 Å². The highest BCUT2D eigenvalue weighted by Crippen LogP contribution is 2.23. The molecule has 0 aliphatic carbocycles. The van der Waals surface area contributed by atoms with E-state index in [1.165, 1.54) is 0 Å².